The number of unbranched alkanes of at least 4 members (excludes halogenated alkanes) is 10. The van der Waals surface area contributed by atoms with E-state index in [0.29, 0.717) is 5.69 Å². The Morgan fingerprint density at radius 2 is 1.12 bits per heavy atom. The van der Waals surface area contributed by atoms with E-state index in [4.69, 9.17) is 0 Å². The van der Waals surface area contributed by atoms with Crippen molar-refractivity contribution < 1.29 is 0 Å². The molecular formula is C22H38N2O. The standard InChI is InChI=1S/C22H38N2O/c1-3-5-7-9-11-13-19-24(20-14-12-10-8-6-4-2)22-17-15-21(23-25)16-18-22/h15-18H,3-14,19-20H2,1-2H3. The van der Waals surface area contributed by atoms with Gasteiger partial charge in [-0.25, -0.2) is 0 Å². The zero-order chi connectivity index (χ0) is 18.2. The normalized spacial score (nSPS) is 10.8. The zero-order valence-electron chi connectivity index (χ0n) is 16.5. The Labute approximate surface area is 155 Å². The summed E-state index contributed by atoms with van der Waals surface area (Å²) in [6.45, 7) is 6.77. The Morgan fingerprint density at radius 1 is 0.680 bits per heavy atom. The molecule has 0 saturated carbocycles. The highest BCUT2D eigenvalue weighted by Crippen LogP contribution is 2.21. The smallest absolute Gasteiger partial charge is 0.108 e. The van der Waals surface area contributed by atoms with Crippen LogP contribution >= 0.6 is 0 Å². The molecule has 0 aliphatic carbocycles. The highest BCUT2D eigenvalue weighted by atomic mass is 16.3. The molecule has 142 valence electrons. The van der Waals surface area contributed by atoms with Gasteiger partial charge in [-0.05, 0) is 42.3 Å². The molecule has 0 unspecified atom stereocenters. The lowest BCUT2D eigenvalue weighted by atomic mass is 10.1. The molecular weight excluding hydrogens is 308 g/mol. The van der Waals surface area contributed by atoms with Crippen LogP contribution in [0.4, 0.5) is 11.4 Å². The molecule has 0 N–H and O–H groups in total. The van der Waals surface area contributed by atoms with Crippen molar-refractivity contribution in [3.05, 3.63) is 29.2 Å². The van der Waals surface area contributed by atoms with Gasteiger partial charge in [-0.1, -0.05) is 78.1 Å². The third-order valence-electron chi connectivity index (χ3n) is 4.88. The lowest BCUT2D eigenvalue weighted by Crippen LogP contribution is -2.25. The third-order valence-corrected chi connectivity index (χ3v) is 4.88. The van der Waals surface area contributed by atoms with E-state index in [1.54, 1.807) is 0 Å². The molecule has 0 amide bonds. The maximum Gasteiger partial charge on any atom is 0.108 e. The molecule has 0 aromatic heterocycles. The van der Waals surface area contributed by atoms with Gasteiger partial charge in [-0.2, -0.15) is 0 Å². The van der Waals surface area contributed by atoms with E-state index >= 15 is 0 Å². The van der Waals surface area contributed by atoms with E-state index < -0.39 is 0 Å². The van der Waals surface area contributed by atoms with Gasteiger partial charge in [0.2, 0.25) is 0 Å². The van der Waals surface area contributed by atoms with E-state index in [-0.39, 0.29) is 0 Å². The molecule has 3 nitrogen and oxygen atoms in total. The van der Waals surface area contributed by atoms with Crippen LogP contribution in [0.5, 0.6) is 0 Å². The lowest BCUT2D eigenvalue weighted by molar-refractivity contribution is 0.575. The summed E-state index contributed by atoms with van der Waals surface area (Å²) in [5.41, 5.74) is 1.75. The van der Waals surface area contributed by atoms with Crippen molar-refractivity contribution >= 4 is 11.4 Å². The average Bonchev–Trinajstić information content (AvgIpc) is 2.65. The molecule has 0 aliphatic rings. The minimum absolute atomic E-state index is 0.517. The van der Waals surface area contributed by atoms with Crippen LogP contribution in [0.3, 0.4) is 0 Å². The van der Waals surface area contributed by atoms with E-state index in [0.717, 1.165) is 13.1 Å². The lowest BCUT2D eigenvalue weighted by Gasteiger charge is -2.25. The molecule has 1 rings (SSSR count). The average molecular weight is 347 g/mol. The van der Waals surface area contributed by atoms with Gasteiger partial charge in [0, 0.05) is 18.8 Å². The van der Waals surface area contributed by atoms with Crippen LogP contribution in [0.25, 0.3) is 0 Å². The third kappa shape index (κ3) is 10.3. The van der Waals surface area contributed by atoms with Gasteiger partial charge in [0.1, 0.15) is 5.69 Å². The summed E-state index contributed by atoms with van der Waals surface area (Å²) in [6, 6.07) is 7.76. The Bertz CT molecular complexity index is 414. The second kappa shape index (κ2) is 14.9. The van der Waals surface area contributed by atoms with Crippen LogP contribution in [-0.2, 0) is 0 Å². The molecule has 3 heteroatoms. The van der Waals surface area contributed by atoms with E-state index in [1.165, 1.54) is 82.7 Å². The second-order valence-corrected chi connectivity index (χ2v) is 7.13. The van der Waals surface area contributed by atoms with Crippen molar-refractivity contribution in [1.82, 2.24) is 0 Å². The predicted octanol–water partition coefficient (Wildman–Crippen LogP) is 7.61. The molecule has 0 bridgehead atoms. The van der Waals surface area contributed by atoms with Gasteiger partial charge >= 0.3 is 0 Å². The molecule has 0 aliphatic heterocycles. The molecule has 0 spiro atoms. The Hall–Kier alpha value is -1.38. The Morgan fingerprint density at radius 3 is 1.56 bits per heavy atom. The molecule has 0 fully saturated rings. The van der Waals surface area contributed by atoms with Gasteiger partial charge < -0.3 is 4.90 Å². The Kier molecular flexibility index (Phi) is 12.9. The number of nitrogens with zero attached hydrogens (tertiary/aromatic N) is 2. The molecule has 0 radical (unpaired) electrons. The number of hydrogen-bond acceptors (Lipinski definition) is 3. The van der Waals surface area contributed by atoms with E-state index in [2.05, 4.69) is 23.9 Å². The highest BCUT2D eigenvalue weighted by molar-refractivity contribution is 5.52. The van der Waals surface area contributed by atoms with Crippen molar-refractivity contribution in [2.75, 3.05) is 18.0 Å². The first-order valence-electron chi connectivity index (χ1n) is 10.5. The monoisotopic (exact) mass is 346 g/mol. The van der Waals surface area contributed by atoms with Crippen molar-refractivity contribution in [3.63, 3.8) is 0 Å². The number of anilines is 1. The SMILES string of the molecule is CCCCCCCCN(CCCCCCCC)c1ccc(N=O)cc1. The summed E-state index contributed by atoms with van der Waals surface area (Å²) >= 11 is 0. The van der Waals surface area contributed by atoms with Crippen LogP contribution in [0, 0.1) is 4.91 Å². The second-order valence-electron chi connectivity index (χ2n) is 7.13. The van der Waals surface area contributed by atoms with Crippen LogP contribution in [0.2, 0.25) is 0 Å². The van der Waals surface area contributed by atoms with Crippen LogP contribution in [-0.4, -0.2) is 13.1 Å². The first-order chi connectivity index (χ1) is 12.3. The predicted molar refractivity (Wildman–Crippen MR) is 111 cm³/mol. The first-order valence-corrected chi connectivity index (χ1v) is 10.5. The molecule has 1 aromatic carbocycles. The van der Waals surface area contributed by atoms with E-state index in [1.807, 2.05) is 24.3 Å². The van der Waals surface area contributed by atoms with Gasteiger partial charge in [0.25, 0.3) is 0 Å². The van der Waals surface area contributed by atoms with Crippen LogP contribution in [0.15, 0.2) is 29.4 Å². The molecule has 0 saturated heterocycles. The topological polar surface area (TPSA) is 32.7 Å². The van der Waals surface area contributed by atoms with Crippen LogP contribution < -0.4 is 4.90 Å². The largest absolute Gasteiger partial charge is 0.372 e. The molecule has 0 atom stereocenters. The van der Waals surface area contributed by atoms with Gasteiger partial charge in [0.15, 0.2) is 0 Å². The quantitative estimate of drug-likeness (QED) is 0.228. The fourth-order valence-electron chi connectivity index (χ4n) is 3.26. The highest BCUT2D eigenvalue weighted by Gasteiger charge is 2.06. The van der Waals surface area contributed by atoms with Gasteiger partial charge in [-0.3, -0.25) is 0 Å². The first kappa shape index (κ1) is 21.7. The molecule has 0 heterocycles. The van der Waals surface area contributed by atoms with E-state index in [9.17, 15) is 4.91 Å². The summed E-state index contributed by atoms with van der Waals surface area (Å²) in [7, 11) is 0. The van der Waals surface area contributed by atoms with Gasteiger partial charge in [-0.15, -0.1) is 4.91 Å². The summed E-state index contributed by atoms with van der Waals surface area (Å²) in [5.74, 6) is 0. The number of benzene rings is 1. The summed E-state index contributed by atoms with van der Waals surface area (Å²) < 4.78 is 0. The molecule has 1 aromatic rings. The van der Waals surface area contributed by atoms with Crippen molar-refractivity contribution in [2.24, 2.45) is 5.18 Å². The minimum Gasteiger partial charge on any atom is -0.372 e. The number of nitroso groups, excluding NO2 is 1. The minimum atomic E-state index is 0.517. The summed E-state index contributed by atoms with van der Waals surface area (Å²) in [4.78, 5) is 13.1. The maximum absolute atomic E-state index is 10.6. The Balaban J connectivity index is 2.41. The van der Waals surface area contributed by atoms with Crippen molar-refractivity contribution in [1.29, 1.82) is 0 Å². The van der Waals surface area contributed by atoms with Gasteiger partial charge in [0.05, 0.1) is 0 Å². The summed E-state index contributed by atoms with van der Waals surface area (Å²) in [5, 5.41) is 3.01. The number of hydrogen-bond donors (Lipinski definition) is 0. The fourth-order valence-corrected chi connectivity index (χ4v) is 3.26. The van der Waals surface area contributed by atoms with Crippen molar-refractivity contribution in [2.45, 2.75) is 90.9 Å². The zero-order valence-corrected chi connectivity index (χ0v) is 16.5. The maximum atomic E-state index is 10.6. The fraction of sp³-hybridized carbons (Fsp3) is 0.727. The van der Waals surface area contributed by atoms with Crippen LogP contribution in [0.1, 0.15) is 90.9 Å². The molecule has 25 heavy (non-hydrogen) atoms. The summed E-state index contributed by atoms with van der Waals surface area (Å²) in [6.07, 6.45) is 15.9. The number of rotatable bonds is 16. The van der Waals surface area contributed by atoms with Crippen molar-refractivity contribution in [3.8, 4) is 0 Å².